The Labute approximate surface area is 192 Å². The van der Waals surface area contributed by atoms with Crippen LogP contribution in [-0.2, 0) is 14.3 Å². The number of esters is 1. The number of carbonyl (C=O) groups excluding carboxylic acids is 1. The van der Waals surface area contributed by atoms with E-state index in [4.69, 9.17) is 9.84 Å². The first-order valence-electron chi connectivity index (χ1n) is 13.2. The highest BCUT2D eigenvalue weighted by Crippen LogP contribution is 2.15. The maximum atomic E-state index is 12.3. The zero-order valence-corrected chi connectivity index (χ0v) is 20.5. The fraction of sp³-hybridized carbons (Fsp3) is 0.852. The summed E-state index contributed by atoms with van der Waals surface area (Å²) in [4.78, 5) is 22.8. The summed E-state index contributed by atoms with van der Waals surface area (Å²) in [5.74, 6) is -0.798. The summed E-state index contributed by atoms with van der Waals surface area (Å²) in [6.45, 7) is 4.43. The lowest BCUT2D eigenvalue weighted by atomic mass is 10.1. The summed E-state index contributed by atoms with van der Waals surface area (Å²) < 4.78 is 5.74. The lowest BCUT2D eigenvalue weighted by Crippen LogP contribution is -2.16. The number of rotatable bonds is 23. The van der Waals surface area contributed by atoms with Crippen molar-refractivity contribution in [3.63, 3.8) is 0 Å². The molecule has 0 bridgehead atoms. The average molecular weight is 439 g/mol. The van der Waals surface area contributed by atoms with Crippen LogP contribution >= 0.6 is 0 Å². The van der Waals surface area contributed by atoms with Crippen LogP contribution in [0.1, 0.15) is 142 Å². The molecule has 0 saturated heterocycles. The Kier molecular flexibility index (Phi) is 22.4. The normalized spacial score (nSPS) is 12.3. The average Bonchev–Trinajstić information content (AvgIpc) is 2.74. The predicted molar refractivity (Wildman–Crippen MR) is 130 cm³/mol. The second-order valence-electron chi connectivity index (χ2n) is 8.88. The third-order valence-corrected chi connectivity index (χ3v) is 5.72. The van der Waals surface area contributed by atoms with Gasteiger partial charge in [0.15, 0.2) is 0 Å². The SMILES string of the molecule is CCCC/C=C\C(CCCCCCC(=O)O)OC(=O)CCCCCCCCCCCC. The van der Waals surface area contributed by atoms with E-state index >= 15 is 0 Å². The molecule has 4 heteroatoms. The number of carbonyl (C=O) groups is 2. The zero-order valence-electron chi connectivity index (χ0n) is 20.5. The van der Waals surface area contributed by atoms with Crippen molar-refractivity contribution in [2.24, 2.45) is 0 Å². The molecule has 0 fully saturated rings. The van der Waals surface area contributed by atoms with Crippen molar-refractivity contribution < 1.29 is 19.4 Å². The smallest absolute Gasteiger partial charge is 0.306 e. The molecular weight excluding hydrogens is 388 g/mol. The van der Waals surface area contributed by atoms with E-state index in [1.165, 1.54) is 51.4 Å². The first-order chi connectivity index (χ1) is 15.1. The summed E-state index contributed by atoms with van der Waals surface area (Å²) in [5, 5.41) is 8.70. The van der Waals surface area contributed by atoms with Gasteiger partial charge in [-0.1, -0.05) is 103 Å². The first kappa shape index (κ1) is 29.7. The molecule has 31 heavy (non-hydrogen) atoms. The van der Waals surface area contributed by atoms with Gasteiger partial charge < -0.3 is 9.84 Å². The summed E-state index contributed by atoms with van der Waals surface area (Å²) in [6, 6.07) is 0. The van der Waals surface area contributed by atoms with Crippen LogP contribution in [0.4, 0.5) is 0 Å². The van der Waals surface area contributed by atoms with E-state index in [0.29, 0.717) is 6.42 Å². The summed E-state index contributed by atoms with van der Waals surface area (Å²) in [7, 11) is 0. The van der Waals surface area contributed by atoms with E-state index < -0.39 is 5.97 Å². The highest BCUT2D eigenvalue weighted by Gasteiger charge is 2.11. The van der Waals surface area contributed by atoms with Crippen molar-refractivity contribution >= 4 is 11.9 Å². The predicted octanol–water partition coefficient (Wildman–Crippen LogP) is 8.38. The molecule has 1 unspecified atom stereocenters. The van der Waals surface area contributed by atoms with E-state index in [1.54, 1.807) is 0 Å². The first-order valence-corrected chi connectivity index (χ1v) is 13.2. The van der Waals surface area contributed by atoms with E-state index in [1.807, 2.05) is 0 Å². The van der Waals surface area contributed by atoms with Crippen LogP contribution in [0, 0.1) is 0 Å². The van der Waals surface area contributed by atoms with Gasteiger partial charge in [0.25, 0.3) is 0 Å². The molecule has 0 aromatic carbocycles. The van der Waals surface area contributed by atoms with Gasteiger partial charge in [0.05, 0.1) is 0 Å². The van der Waals surface area contributed by atoms with E-state index in [0.717, 1.165) is 64.2 Å². The number of aliphatic carboxylic acids is 1. The lowest BCUT2D eigenvalue weighted by Gasteiger charge is -2.15. The minimum absolute atomic E-state index is 0.0735. The Morgan fingerprint density at radius 1 is 0.710 bits per heavy atom. The largest absolute Gasteiger partial charge is 0.481 e. The molecule has 0 saturated carbocycles. The van der Waals surface area contributed by atoms with E-state index in [2.05, 4.69) is 26.0 Å². The minimum Gasteiger partial charge on any atom is -0.481 e. The van der Waals surface area contributed by atoms with Gasteiger partial charge in [-0.2, -0.15) is 0 Å². The second-order valence-corrected chi connectivity index (χ2v) is 8.88. The number of hydrogen-bond acceptors (Lipinski definition) is 3. The van der Waals surface area contributed by atoms with Crippen molar-refractivity contribution in [3.8, 4) is 0 Å². The molecule has 0 spiro atoms. The fourth-order valence-electron chi connectivity index (χ4n) is 3.72. The molecule has 0 aromatic heterocycles. The summed E-state index contributed by atoms with van der Waals surface area (Å²) in [5.41, 5.74) is 0. The molecule has 0 amide bonds. The molecule has 0 aromatic rings. The van der Waals surface area contributed by atoms with Crippen molar-refractivity contribution in [2.45, 2.75) is 148 Å². The standard InChI is InChI=1S/C27H50O4/c1-3-5-7-9-10-11-12-13-14-20-24-27(30)31-25(21-17-8-6-4-2)22-18-15-16-19-23-26(28)29/h17,21,25H,3-16,18-20,22-24H2,1-2H3,(H,28,29)/b21-17-. The van der Waals surface area contributed by atoms with Gasteiger partial charge in [0, 0.05) is 12.8 Å². The van der Waals surface area contributed by atoms with Crippen LogP contribution < -0.4 is 0 Å². The Morgan fingerprint density at radius 2 is 1.23 bits per heavy atom. The van der Waals surface area contributed by atoms with Crippen LogP contribution in [0.15, 0.2) is 12.2 Å². The van der Waals surface area contributed by atoms with Crippen LogP contribution in [0.5, 0.6) is 0 Å². The number of allylic oxidation sites excluding steroid dienone is 1. The molecule has 0 heterocycles. The maximum absolute atomic E-state index is 12.3. The van der Waals surface area contributed by atoms with E-state index in [-0.39, 0.29) is 18.5 Å². The van der Waals surface area contributed by atoms with Crippen molar-refractivity contribution in [2.75, 3.05) is 0 Å². The Balaban J connectivity index is 3.95. The summed E-state index contributed by atoms with van der Waals surface area (Å²) in [6.07, 6.45) is 25.3. The Bertz CT molecular complexity index is 445. The molecule has 0 radical (unpaired) electrons. The zero-order chi connectivity index (χ0) is 23.0. The quantitative estimate of drug-likeness (QED) is 0.0988. The van der Waals surface area contributed by atoms with Crippen molar-refractivity contribution in [3.05, 3.63) is 12.2 Å². The Morgan fingerprint density at radius 3 is 1.81 bits per heavy atom. The van der Waals surface area contributed by atoms with Crippen LogP contribution in [0.3, 0.4) is 0 Å². The molecule has 0 rings (SSSR count). The molecule has 0 aliphatic rings. The van der Waals surface area contributed by atoms with Crippen molar-refractivity contribution in [1.82, 2.24) is 0 Å². The van der Waals surface area contributed by atoms with Gasteiger partial charge in [-0.15, -0.1) is 0 Å². The van der Waals surface area contributed by atoms with Crippen LogP contribution in [-0.4, -0.2) is 23.1 Å². The molecule has 1 N–H and O–H groups in total. The third-order valence-electron chi connectivity index (χ3n) is 5.72. The van der Waals surface area contributed by atoms with Gasteiger partial charge in [-0.3, -0.25) is 9.59 Å². The fourth-order valence-corrected chi connectivity index (χ4v) is 3.72. The van der Waals surface area contributed by atoms with Crippen LogP contribution in [0.2, 0.25) is 0 Å². The number of carboxylic acids is 1. The topological polar surface area (TPSA) is 63.6 Å². The van der Waals surface area contributed by atoms with Gasteiger partial charge >= 0.3 is 11.9 Å². The van der Waals surface area contributed by atoms with E-state index in [9.17, 15) is 9.59 Å². The maximum Gasteiger partial charge on any atom is 0.306 e. The molecular formula is C27H50O4. The van der Waals surface area contributed by atoms with Gasteiger partial charge in [-0.25, -0.2) is 0 Å². The number of carboxylic acid groups (broad SMARTS) is 1. The second kappa shape index (κ2) is 23.3. The highest BCUT2D eigenvalue weighted by atomic mass is 16.5. The lowest BCUT2D eigenvalue weighted by molar-refractivity contribution is -0.147. The van der Waals surface area contributed by atoms with Crippen LogP contribution in [0.25, 0.3) is 0 Å². The van der Waals surface area contributed by atoms with Gasteiger partial charge in [0.2, 0.25) is 0 Å². The Hall–Kier alpha value is -1.32. The minimum atomic E-state index is -0.724. The number of hydrogen-bond donors (Lipinski definition) is 1. The number of unbranched alkanes of at least 4 members (excludes halogenated alkanes) is 14. The van der Waals surface area contributed by atoms with Gasteiger partial charge in [-0.05, 0) is 38.2 Å². The molecule has 182 valence electrons. The summed E-state index contributed by atoms with van der Waals surface area (Å²) >= 11 is 0. The third kappa shape index (κ3) is 23.2. The highest BCUT2D eigenvalue weighted by molar-refractivity contribution is 5.69. The molecule has 1 atom stereocenters. The molecule has 0 aliphatic carbocycles. The van der Waals surface area contributed by atoms with Crippen molar-refractivity contribution in [1.29, 1.82) is 0 Å². The molecule has 0 aliphatic heterocycles. The molecule has 4 nitrogen and oxygen atoms in total. The van der Waals surface area contributed by atoms with Gasteiger partial charge in [0.1, 0.15) is 6.10 Å². The monoisotopic (exact) mass is 438 g/mol. The number of ether oxygens (including phenoxy) is 1.